The number of methoxy groups -OCH3 is 3. The van der Waals surface area contributed by atoms with Gasteiger partial charge in [0.05, 0.1) is 33.3 Å². The Kier molecular flexibility index (Phi) is 5.74. The molecular formula is C19H18N4O3S. The van der Waals surface area contributed by atoms with Crippen LogP contribution in [0, 0.1) is 11.3 Å². The molecule has 3 aromatic rings. The van der Waals surface area contributed by atoms with Gasteiger partial charge in [0.15, 0.2) is 0 Å². The number of ether oxygens (including phenoxy) is 3. The predicted octanol–water partition coefficient (Wildman–Crippen LogP) is 3.96. The van der Waals surface area contributed by atoms with Crippen molar-refractivity contribution in [3.8, 4) is 22.8 Å². The summed E-state index contributed by atoms with van der Waals surface area (Å²) in [7, 11) is 4.74. The van der Waals surface area contributed by atoms with E-state index in [2.05, 4.69) is 21.6 Å². The van der Waals surface area contributed by atoms with Crippen molar-refractivity contribution < 1.29 is 14.2 Å². The number of nitrogens with zero attached hydrogens (tertiary/aromatic N) is 3. The average Bonchev–Trinajstić information content (AvgIpc) is 3.17. The van der Waals surface area contributed by atoms with Gasteiger partial charge in [-0.25, -0.2) is 0 Å². The Morgan fingerprint density at radius 2 is 1.67 bits per heavy atom. The number of hydrogen-bond acceptors (Lipinski definition) is 8. The summed E-state index contributed by atoms with van der Waals surface area (Å²) in [5, 5.41) is 22.1. The predicted molar refractivity (Wildman–Crippen MR) is 103 cm³/mol. The van der Waals surface area contributed by atoms with E-state index in [1.165, 1.54) is 11.3 Å². The Bertz CT molecular complexity index is 950. The largest absolute Gasteiger partial charge is 0.497 e. The minimum absolute atomic E-state index is 0.458. The molecule has 0 aliphatic rings. The molecule has 0 spiro atoms. The first-order valence-corrected chi connectivity index (χ1v) is 8.86. The van der Waals surface area contributed by atoms with E-state index < -0.39 is 5.92 Å². The molecule has 3 rings (SSSR count). The lowest BCUT2D eigenvalue weighted by molar-refractivity contribution is 0.407. The quantitative estimate of drug-likeness (QED) is 0.661. The standard InChI is InChI=1S/C19H18N4O3S/c1-24-13-6-4-12(5-7-13)16(11-20)15-10-14(25-2)8-9-17(15)21-18-22-23-19(26-3)27-18/h4-10,16H,1-3H3,(H,21,22). The van der Waals surface area contributed by atoms with Gasteiger partial charge >= 0.3 is 0 Å². The Balaban J connectivity index is 2.00. The summed E-state index contributed by atoms with van der Waals surface area (Å²) >= 11 is 1.28. The molecule has 1 heterocycles. The lowest BCUT2D eigenvalue weighted by Gasteiger charge is -2.17. The molecule has 0 aliphatic carbocycles. The van der Waals surface area contributed by atoms with E-state index in [-0.39, 0.29) is 0 Å². The van der Waals surface area contributed by atoms with Crippen LogP contribution in [0.5, 0.6) is 16.7 Å². The number of rotatable bonds is 7. The van der Waals surface area contributed by atoms with Crippen LogP contribution in [0.3, 0.4) is 0 Å². The lowest BCUT2D eigenvalue weighted by Crippen LogP contribution is -2.04. The third kappa shape index (κ3) is 4.10. The minimum Gasteiger partial charge on any atom is -0.497 e. The molecule has 0 bridgehead atoms. The fourth-order valence-corrected chi connectivity index (χ4v) is 3.17. The molecule has 7 nitrogen and oxygen atoms in total. The molecule has 0 saturated carbocycles. The molecule has 27 heavy (non-hydrogen) atoms. The zero-order valence-corrected chi connectivity index (χ0v) is 15.9. The van der Waals surface area contributed by atoms with Crippen molar-refractivity contribution in [1.82, 2.24) is 10.2 Å². The Morgan fingerprint density at radius 1 is 0.963 bits per heavy atom. The molecule has 1 N–H and O–H groups in total. The highest BCUT2D eigenvalue weighted by atomic mass is 32.1. The van der Waals surface area contributed by atoms with Crippen molar-refractivity contribution in [3.05, 3.63) is 53.6 Å². The van der Waals surface area contributed by atoms with Gasteiger partial charge in [0, 0.05) is 11.3 Å². The summed E-state index contributed by atoms with van der Waals surface area (Å²) in [5.74, 6) is 0.905. The Hall–Kier alpha value is -3.31. The minimum atomic E-state index is -0.497. The van der Waals surface area contributed by atoms with Crippen molar-refractivity contribution in [2.75, 3.05) is 26.6 Å². The van der Waals surface area contributed by atoms with Crippen LogP contribution in [0.25, 0.3) is 0 Å². The third-order valence-corrected chi connectivity index (χ3v) is 4.77. The van der Waals surface area contributed by atoms with Gasteiger partial charge in [-0.2, -0.15) is 5.26 Å². The summed E-state index contributed by atoms with van der Waals surface area (Å²) in [5.41, 5.74) is 2.37. The highest BCUT2D eigenvalue weighted by Gasteiger charge is 2.19. The second-order valence-electron chi connectivity index (χ2n) is 5.49. The molecule has 8 heteroatoms. The zero-order valence-electron chi connectivity index (χ0n) is 15.1. The smallest absolute Gasteiger partial charge is 0.295 e. The van der Waals surface area contributed by atoms with Gasteiger partial charge in [-0.15, -0.1) is 5.10 Å². The second kappa shape index (κ2) is 8.38. The Labute approximate surface area is 161 Å². The van der Waals surface area contributed by atoms with E-state index in [0.717, 1.165) is 22.6 Å². The molecule has 0 radical (unpaired) electrons. The van der Waals surface area contributed by atoms with E-state index in [9.17, 15) is 5.26 Å². The van der Waals surface area contributed by atoms with Gasteiger partial charge in [-0.05, 0) is 47.2 Å². The molecule has 1 aromatic heterocycles. The SMILES string of the molecule is COc1ccc(C(C#N)c2cc(OC)ccc2Nc2nnc(OC)s2)cc1. The number of anilines is 2. The number of nitriles is 1. The molecule has 1 unspecified atom stereocenters. The van der Waals surface area contributed by atoms with Crippen LogP contribution in [0.1, 0.15) is 17.0 Å². The summed E-state index contributed by atoms with van der Waals surface area (Å²) in [6, 6.07) is 15.3. The molecule has 0 aliphatic heterocycles. The maximum absolute atomic E-state index is 9.86. The van der Waals surface area contributed by atoms with Crippen molar-refractivity contribution in [2.24, 2.45) is 0 Å². The Morgan fingerprint density at radius 3 is 2.26 bits per heavy atom. The fourth-order valence-electron chi connectivity index (χ4n) is 2.60. The van der Waals surface area contributed by atoms with E-state index >= 15 is 0 Å². The molecule has 0 saturated heterocycles. The van der Waals surface area contributed by atoms with Gasteiger partial charge in [0.25, 0.3) is 5.19 Å². The third-order valence-electron chi connectivity index (χ3n) is 3.97. The van der Waals surface area contributed by atoms with Crippen molar-refractivity contribution in [3.63, 3.8) is 0 Å². The maximum atomic E-state index is 9.86. The van der Waals surface area contributed by atoms with E-state index in [0.29, 0.717) is 16.1 Å². The first-order chi connectivity index (χ1) is 13.2. The van der Waals surface area contributed by atoms with Crippen LogP contribution >= 0.6 is 11.3 Å². The number of benzene rings is 2. The molecular weight excluding hydrogens is 364 g/mol. The van der Waals surface area contributed by atoms with Crippen LogP contribution in [0.2, 0.25) is 0 Å². The number of hydrogen-bond donors (Lipinski definition) is 1. The normalized spacial score (nSPS) is 11.3. The van der Waals surface area contributed by atoms with Crippen LogP contribution in [0.15, 0.2) is 42.5 Å². The van der Waals surface area contributed by atoms with E-state index in [4.69, 9.17) is 14.2 Å². The van der Waals surface area contributed by atoms with Crippen molar-refractivity contribution >= 4 is 22.2 Å². The molecule has 0 amide bonds. The van der Waals surface area contributed by atoms with Crippen LogP contribution in [-0.4, -0.2) is 31.5 Å². The zero-order chi connectivity index (χ0) is 19.2. The summed E-state index contributed by atoms with van der Waals surface area (Å²) in [6.07, 6.45) is 0. The van der Waals surface area contributed by atoms with Gasteiger partial charge in [-0.3, -0.25) is 0 Å². The number of nitrogens with one attached hydrogen (secondary N) is 1. The molecule has 0 fully saturated rings. The lowest BCUT2D eigenvalue weighted by atomic mass is 9.91. The summed E-state index contributed by atoms with van der Waals surface area (Å²) in [4.78, 5) is 0. The second-order valence-corrected chi connectivity index (χ2v) is 6.43. The van der Waals surface area contributed by atoms with Crippen molar-refractivity contribution in [1.29, 1.82) is 5.26 Å². The maximum Gasteiger partial charge on any atom is 0.295 e. The van der Waals surface area contributed by atoms with E-state index in [1.807, 2.05) is 42.5 Å². The van der Waals surface area contributed by atoms with E-state index in [1.54, 1.807) is 21.3 Å². The van der Waals surface area contributed by atoms with Gasteiger partial charge in [0.2, 0.25) is 5.13 Å². The first-order valence-electron chi connectivity index (χ1n) is 8.04. The molecule has 1 atom stereocenters. The van der Waals surface area contributed by atoms with Gasteiger partial charge < -0.3 is 19.5 Å². The monoisotopic (exact) mass is 382 g/mol. The number of aromatic nitrogens is 2. The molecule has 2 aromatic carbocycles. The highest BCUT2D eigenvalue weighted by molar-refractivity contribution is 7.17. The van der Waals surface area contributed by atoms with Crippen LogP contribution < -0.4 is 19.5 Å². The summed E-state index contributed by atoms with van der Waals surface area (Å²) in [6.45, 7) is 0. The van der Waals surface area contributed by atoms with Crippen LogP contribution in [-0.2, 0) is 0 Å². The first kappa shape index (κ1) is 18.5. The highest BCUT2D eigenvalue weighted by Crippen LogP contribution is 2.36. The van der Waals surface area contributed by atoms with Crippen LogP contribution in [0.4, 0.5) is 10.8 Å². The summed E-state index contributed by atoms with van der Waals surface area (Å²) < 4.78 is 15.6. The molecule has 138 valence electrons. The van der Waals surface area contributed by atoms with Crippen molar-refractivity contribution in [2.45, 2.75) is 5.92 Å². The average molecular weight is 382 g/mol. The van der Waals surface area contributed by atoms with Gasteiger partial charge in [-0.1, -0.05) is 17.2 Å². The topological polar surface area (TPSA) is 89.3 Å². The fraction of sp³-hybridized carbons (Fsp3) is 0.211. The van der Waals surface area contributed by atoms with Gasteiger partial charge in [0.1, 0.15) is 11.5 Å².